The summed E-state index contributed by atoms with van der Waals surface area (Å²) in [5, 5.41) is 9.58. The highest BCUT2D eigenvalue weighted by molar-refractivity contribution is 5.84. The normalized spacial score (nSPS) is 13.0. The lowest BCUT2D eigenvalue weighted by molar-refractivity contribution is -0.144. The monoisotopic (exact) mass is 321 g/mol. The number of methoxy groups -OCH3 is 1. The van der Waals surface area contributed by atoms with Crippen LogP contribution in [0.2, 0.25) is 0 Å². The van der Waals surface area contributed by atoms with Crippen LogP contribution >= 0.6 is 0 Å². The Balaban J connectivity index is 2.08. The van der Waals surface area contributed by atoms with Crippen LogP contribution in [0.15, 0.2) is 59.6 Å². The average molecular weight is 321 g/mol. The third-order valence-electron chi connectivity index (χ3n) is 3.32. The molecule has 0 spiro atoms. The first-order chi connectivity index (χ1) is 11.6. The number of ether oxygens (including phenoxy) is 1. The van der Waals surface area contributed by atoms with Gasteiger partial charge in [-0.15, -0.1) is 0 Å². The fraction of sp³-hybridized carbons (Fsp3) is 0.200. The maximum Gasteiger partial charge on any atom is 0.333 e. The Morgan fingerprint density at radius 3 is 2.21 bits per heavy atom. The van der Waals surface area contributed by atoms with E-state index in [4.69, 9.17) is 0 Å². The van der Waals surface area contributed by atoms with Gasteiger partial charge in [-0.1, -0.05) is 42.2 Å². The predicted octanol–water partition coefficient (Wildman–Crippen LogP) is 2.43. The molecule has 0 fully saturated rings. The van der Waals surface area contributed by atoms with E-state index in [0.717, 1.165) is 16.7 Å². The average Bonchev–Trinajstić information content (AvgIpc) is 2.61. The minimum Gasteiger partial charge on any atom is -0.467 e. The van der Waals surface area contributed by atoms with Gasteiger partial charge in [0, 0.05) is 17.3 Å². The van der Waals surface area contributed by atoms with Crippen LogP contribution in [0.1, 0.15) is 23.6 Å². The van der Waals surface area contributed by atoms with Crippen LogP contribution in [0.3, 0.4) is 0 Å². The van der Waals surface area contributed by atoms with Gasteiger partial charge in [0.25, 0.3) is 0 Å². The summed E-state index contributed by atoms with van der Waals surface area (Å²) in [4.78, 5) is 15.6. The number of carbonyl (C=O) groups is 1. The van der Waals surface area contributed by atoms with Crippen molar-refractivity contribution in [2.75, 3.05) is 7.11 Å². The molecule has 2 unspecified atom stereocenters. The second-order valence-corrected chi connectivity index (χ2v) is 5.22. The molecule has 0 aliphatic heterocycles. The number of aliphatic hydroxyl groups is 1. The summed E-state index contributed by atoms with van der Waals surface area (Å²) in [7, 11) is 1.27. The van der Waals surface area contributed by atoms with Crippen LogP contribution in [0.5, 0.6) is 0 Å². The number of aliphatic imine (C=N–C) groups is 1. The molecule has 4 heteroatoms. The summed E-state index contributed by atoms with van der Waals surface area (Å²) in [6.07, 6.45) is 0.632. The number of hydrogen-bond donors (Lipinski definition) is 1. The maximum atomic E-state index is 11.5. The van der Waals surface area contributed by atoms with E-state index in [1.54, 1.807) is 6.21 Å². The number of hydrogen-bond acceptors (Lipinski definition) is 4. The van der Waals surface area contributed by atoms with Gasteiger partial charge in [0.2, 0.25) is 0 Å². The minimum atomic E-state index is -0.924. The zero-order chi connectivity index (χ0) is 17.4. The van der Waals surface area contributed by atoms with Crippen LogP contribution in [-0.4, -0.2) is 36.5 Å². The van der Waals surface area contributed by atoms with Crippen molar-refractivity contribution in [3.63, 3.8) is 0 Å². The summed E-state index contributed by atoms with van der Waals surface area (Å²) in [6.45, 7) is 1.50. The largest absolute Gasteiger partial charge is 0.467 e. The van der Waals surface area contributed by atoms with E-state index in [9.17, 15) is 9.90 Å². The highest BCUT2D eigenvalue weighted by Crippen LogP contribution is 2.05. The summed E-state index contributed by atoms with van der Waals surface area (Å²) in [5.74, 6) is 5.62. The van der Waals surface area contributed by atoms with E-state index in [0.29, 0.717) is 0 Å². The Labute approximate surface area is 141 Å². The molecule has 1 N–H and O–H groups in total. The zero-order valence-electron chi connectivity index (χ0n) is 13.6. The summed E-state index contributed by atoms with van der Waals surface area (Å²) in [5.41, 5.74) is 2.66. The molecule has 2 aromatic carbocycles. The van der Waals surface area contributed by atoms with Crippen LogP contribution in [0.25, 0.3) is 0 Å². The van der Waals surface area contributed by atoms with Crippen LogP contribution in [0, 0.1) is 11.8 Å². The molecule has 0 aliphatic carbocycles. The lowest BCUT2D eigenvalue weighted by Crippen LogP contribution is -2.31. The van der Waals surface area contributed by atoms with E-state index in [1.807, 2.05) is 54.6 Å². The maximum absolute atomic E-state index is 11.5. The van der Waals surface area contributed by atoms with Crippen LogP contribution in [0.4, 0.5) is 0 Å². The first kappa shape index (κ1) is 17.5. The fourth-order valence-corrected chi connectivity index (χ4v) is 1.99. The SMILES string of the molecule is COC(=O)C(N=Cc1ccc(C#Cc2ccccc2)cc1)C(C)O. The molecule has 0 heterocycles. The molecule has 0 radical (unpaired) electrons. The molecule has 0 saturated carbocycles. The first-order valence-electron chi connectivity index (χ1n) is 7.56. The molecular formula is C20H19NO3. The first-order valence-corrected chi connectivity index (χ1v) is 7.56. The quantitative estimate of drug-likeness (QED) is 0.534. The van der Waals surface area contributed by atoms with Crippen molar-refractivity contribution in [2.24, 2.45) is 4.99 Å². The van der Waals surface area contributed by atoms with Crippen molar-refractivity contribution in [3.05, 3.63) is 71.3 Å². The second-order valence-electron chi connectivity index (χ2n) is 5.22. The number of aliphatic hydroxyl groups excluding tert-OH is 1. The summed E-state index contributed by atoms with van der Waals surface area (Å²) in [6, 6.07) is 16.3. The molecule has 4 nitrogen and oxygen atoms in total. The van der Waals surface area contributed by atoms with Gasteiger partial charge >= 0.3 is 5.97 Å². The highest BCUT2D eigenvalue weighted by Gasteiger charge is 2.22. The van der Waals surface area contributed by atoms with Gasteiger partial charge < -0.3 is 9.84 Å². The molecule has 2 atom stereocenters. The van der Waals surface area contributed by atoms with Crippen molar-refractivity contribution in [1.29, 1.82) is 0 Å². The van der Waals surface area contributed by atoms with E-state index in [-0.39, 0.29) is 0 Å². The van der Waals surface area contributed by atoms with E-state index >= 15 is 0 Å². The molecular weight excluding hydrogens is 302 g/mol. The molecule has 2 rings (SSSR count). The predicted molar refractivity (Wildman–Crippen MR) is 93.9 cm³/mol. The standard InChI is InChI=1S/C20H19NO3/c1-15(22)19(20(23)24-2)21-14-18-12-10-17(11-13-18)9-8-16-6-4-3-5-7-16/h3-7,10-15,19,22H,1-2H3. The van der Waals surface area contributed by atoms with Gasteiger partial charge in [-0.05, 0) is 36.8 Å². The summed E-state index contributed by atoms with van der Waals surface area (Å²) >= 11 is 0. The van der Waals surface area contributed by atoms with Gasteiger partial charge in [0.1, 0.15) is 0 Å². The molecule has 0 saturated heterocycles. The second kappa shape index (κ2) is 8.66. The Bertz CT molecular complexity index is 753. The fourth-order valence-electron chi connectivity index (χ4n) is 1.99. The van der Waals surface area contributed by atoms with Gasteiger partial charge in [0.15, 0.2) is 6.04 Å². The minimum absolute atomic E-state index is 0.563. The molecule has 0 amide bonds. The van der Waals surface area contributed by atoms with Crippen molar-refractivity contribution in [2.45, 2.75) is 19.1 Å². The van der Waals surface area contributed by atoms with Crippen LogP contribution in [-0.2, 0) is 9.53 Å². The highest BCUT2D eigenvalue weighted by atomic mass is 16.5. The molecule has 2 aromatic rings. The van der Waals surface area contributed by atoms with Gasteiger partial charge in [-0.2, -0.15) is 0 Å². The number of rotatable bonds is 4. The van der Waals surface area contributed by atoms with Crippen molar-refractivity contribution < 1.29 is 14.6 Å². The smallest absolute Gasteiger partial charge is 0.333 e. The van der Waals surface area contributed by atoms with Gasteiger partial charge in [0.05, 0.1) is 13.2 Å². The Kier molecular flexibility index (Phi) is 6.30. The van der Waals surface area contributed by atoms with Crippen molar-refractivity contribution in [1.82, 2.24) is 0 Å². The molecule has 24 heavy (non-hydrogen) atoms. The van der Waals surface area contributed by atoms with E-state index in [1.165, 1.54) is 14.0 Å². The molecule has 0 aromatic heterocycles. The van der Waals surface area contributed by atoms with Gasteiger partial charge in [-0.25, -0.2) is 4.79 Å². The van der Waals surface area contributed by atoms with Crippen LogP contribution < -0.4 is 0 Å². The van der Waals surface area contributed by atoms with Gasteiger partial charge in [-0.3, -0.25) is 4.99 Å². The number of carbonyl (C=O) groups excluding carboxylic acids is 1. The Morgan fingerprint density at radius 2 is 1.67 bits per heavy atom. The topological polar surface area (TPSA) is 58.9 Å². The number of nitrogens with zero attached hydrogens (tertiary/aromatic N) is 1. The number of esters is 1. The molecule has 0 aliphatic rings. The Morgan fingerprint density at radius 1 is 1.08 bits per heavy atom. The Hall–Kier alpha value is -2.90. The van der Waals surface area contributed by atoms with Crippen molar-refractivity contribution >= 4 is 12.2 Å². The lowest BCUT2D eigenvalue weighted by Gasteiger charge is -2.12. The van der Waals surface area contributed by atoms with Crippen molar-refractivity contribution in [3.8, 4) is 11.8 Å². The van der Waals surface area contributed by atoms with E-state index < -0.39 is 18.1 Å². The number of benzene rings is 2. The molecule has 0 bridgehead atoms. The summed E-state index contributed by atoms with van der Waals surface area (Å²) < 4.78 is 4.62. The zero-order valence-corrected chi connectivity index (χ0v) is 13.6. The third kappa shape index (κ3) is 5.08. The lowest BCUT2D eigenvalue weighted by atomic mass is 10.1. The third-order valence-corrected chi connectivity index (χ3v) is 3.32. The van der Waals surface area contributed by atoms with E-state index in [2.05, 4.69) is 21.6 Å². The molecule has 122 valence electrons.